The van der Waals surface area contributed by atoms with Gasteiger partial charge in [-0.3, -0.25) is 0 Å². The van der Waals surface area contributed by atoms with E-state index in [-0.39, 0.29) is 6.04 Å². The molecule has 1 aliphatic rings. The molecule has 1 unspecified atom stereocenters. The number of hydrogen-bond donors (Lipinski definition) is 1. The summed E-state index contributed by atoms with van der Waals surface area (Å²) in [5.41, 5.74) is 1.24. The SMILES string of the molecule is Cc1nc(NC(C)c2ccccc2)cc(N2CCOCC2)n1. The molecule has 0 aliphatic carbocycles. The Hall–Kier alpha value is -2.14. The van der Waals surface area contributed by atoms with E-state index in [2.05, 4.69) is 51.4 Å². The monoisotopic (exact) mass is 298 g/mol. The molecule has 5 heteroatoms. The maximum atomic E-state index is 5.40. The number of rotatable bonds is 4. The summed E-state index contributed by atoms with van der Waals surface area (Å²) in [5, 5.41) is 3.47. The fourth-order valence-electron chi connectivity index (χ4n) is 2.63. The van der Waals surface area contributed by atoms with Crippen LogP contribution in [0.2, 0.25) is 0 Å². The number of ether oxygens (including phenoxy) is 1. The van der Waals surface area contributed by atoms with E-state index in [9.17, 15) is 0 Å². The van der Waals surface area contributed by atoms with E-state index >= 15 is 0 Å². The van der Waals surface area contributed by atoms with Crippen LogP contribution < -0.4 is 10.2 Å². The van der Waals surface area contributed by atoms with E-state index in [0.29, 0.717) is 0 Å². The van der Waals surface area contributed by atoms with E-state index in [1.165, 1.54) is 5.56 Å². The third-order valence-electron chi connectivity index (χ3n) is 3.82. The first kappa shape index (κ1) is 14.8. The molecular formula is C17H22N4O. The van der Waals surface area contributed by atoms with Crippen molar-refractivity contribution >= 4 is 11.6 Å². The van der Waals surface area contributed by atoms with Crippen molar-refractivity contribution in [3.05, 3.63) is 47.8 Å². The second-order valence-electron chi connectivity index (χ2n) is 5.53. The summed E-state index contributed by atoms with van der Waals surface area (Å²) in [7, 11) is 0. The molecule has 0 radical (unpaired) electrons. The molecule has 1 N–H and O–H groups in total. The van der Waals surface area contributed by atoms with Gasteiger partial charge in [-0.1, -0.05) is 30.3 Å². The molecule has 116 valence electrons. The molecule has 0 saturated carbocycles. The van der Waals surface area contributed by atoms with Crippen molar-refractivity contribution < 1.29 is 4.74 Å². The lowest BCUT2D eigenvalue weighted by Gasteiger charge is -2.28. The third kappa shape index (κ3) is 3.54. The highest BCUT2D eigenvalue weighted by atomic mass is 16.5. The molecule has 1 fully saturated rings. The molecule has 0 bridgehead atoms. The first-order valence-corrected chi connectivity index (χ1v) is 7.72. The van der Waals surface area contributed by atoms with Crippen LogP contribution in [0.1, 0.15) is 24.4 Å². The van der Waals surface area contributed by atoms with Crippen molar-refractivity contribution in [2.75, 3.05) is 36.5 Å². The summed E-state index contributed by atoms with van der Waals surface area (Å²) in [6.45, 7) is 7.34. The molecule has 1 aromatic heterocycles. The minimum Gasteiger partial charge on any atom is -0.378 e. The first-order valence-electron chi connectivity index (χ1n) is 7.72. The van der Waals surface area contributed by atoms with Crippen LogP contribution in [0, 0.1) is 6.92 Å². The van der Waals surface area contributed by atoms with Crippen LogP contribution in [0.25, 0.3) is 0 Å². The highest BCUT2D eigenvalue weighted by Crippen LogP contribution is 2.21. The number of nitrogens with zero attached hydrogens (tertiary/aromatic N) is 3. The Labute approximate surface area is 131 Å². The largest absolute Gasteiger partial charge is 0.378 e. The molecule has 2 heterocycles. The minimum absolute atomic E-state index is 0.202. The van der Waals surface area contributed by atoms with Gasteiger partial charge in [-0.2, -0.15) is 0 Å². The molecule has 5 nitrogen and oxygen atoms in total. The minimum atomic E-state index is 0.202. The van der Waals surface area contributed by atoms with Crippen molar-refractivity contribution in [3.63, 3.8) is 0 Å². The highest BCUT2D eigenvalue weighted by Gasteiger charge is 2.15. The molecule has 3 rings (SSSR count). The Morgan fingerprint density at radius 3 is 2.59 bits per heavy atom. The van der Waals surface area contributed by atoms with E-state index < -0.39 is 0 Å². The predicted molar refractivity (Wildman–Crippen MR) is 88.3 cm³/mol. The summed E-state index contributed by atoms with van der Waals surface area (Å²) in [4.78, 5) is 11.3. The molecule has 1 aliphatic heterocycles. The van der Waals surface area contributed by atoms with E-state index in [1.54, 1.807) is 0 Å². The zero-order valence-corrected chi connectivity index (χ0v) is 13.1. The van der Waals surface area contributed by atoms with Crippen molar-refractivity contribution in [1.29, 1.82) is 0 Å². The van der Waals surface area contributed by atoms with Crippen molar-refractivity contribution in [3.8, 4) is 0 Å². The van der Waals surface area contributed by atoms with Gasteiger partial charge in [-0.25, -0.2) is 9.97 Å². The number of anilines is 2. The number of aromatic nitrogens is 2. The summed E-state index contributed by atoms with van der Waals surface area (Å²) in [6.07, 6.45) is 0. The standard InChI is InChI=1S/C17H22N4O/c1-13(15-6-4-3-5-7-15)18-16-12-17(20-14(2)19-16)21-8-10-22-11-9-21/h3-7,12-13H,8-11H2,1-2H3,(H,18,19,20). The van der Waals surface area contributed by atoms with Crippen LogP contribution in [0.5, 0.6) is 0 Å². The molecule has 22 heavy (non-hydrogen) atoms. The molecule has 1 saturated heterocycles. The Morgan fingerprint density at radius 1 is 1.14 bits per heavy atom. The smallest absolute Gasteiger partial charge is 0.134 e. The van der Waals surface area contributed by atoms with Gasteiger partial charge >= 0.3 is 0 Å². The number of nitrogens with one attached hydrogen (secondary N) is 1. The van der Waals surface area contributed by atoms with Crippen LogP contribution in [-0.4, -0.2) is 36.3 Å². The Kier molecular flexibility index (Phi) is 4.53. The molecule has 0 amide bonds. The summed E-state index contributed by atoms with van der Waals surface area (Å²) in [6, 6.07) is 12.6. The summed E-state index contributed by atoms with van der Waals surface area (Å²) < 4.78 is 5.40. The molecular weight excluding hydrogens is 276 g/mol. The molecule has 1 aromatic carbocycles. The van der Waals surface area contributed by atoms with Crippen LogP contribution in [0.3, 0.4) is 0 Å². The van der Waals surface area contributed by atoms with Gasteiger partial charge in [0, 0.05) is 25.2 Å². The lowest BCUT2D eigenvalue weighted by Crippen LogP contribution is -2.37. The quantitative estimate of drug-likeness (QED) is 0.940. The molecule has 2 aromatic rings. The van der Waals surface area contributed by atoms with Crippen molar-refractivity contribution in [2.45, 2.75) is 19.9 Å². The van der Waals surface area contributed by atoms with Crippen LogP contribution >= 0.6 is 0 Å². The summed E-state index contributed by atoms with van der Waals surface area (Å²) in [5.74, 6) is 2.62. The van der Waals surface area contributed by atoms with Crippen LogP contribution in [0.4, 0.5) is 11.6 Å². The molecule has 1 atom stereocenters. The Balaban J connectivity index is 1.77. The van der Waals surface area contributed by atoms with E-state index in [0.717, 1.165) is 43.8 Å². The Morgan fingerprint density at radius 2 is 1.86 bits per heavy atom. The topological polar surface area (TPSA) is 50.3 Å². The zero-order chi connectivity index (χ0) is 15.4. The van der Waals surface area contributed by atoms with Gasteiger partial charge in [0.05, 0.1) is 13.2 Å². The molecule has 0 spiro atoms. The number of aryl methyl sites for hydroxylation is 1. The number of benzene rings is 1. The lowest BCUT2D eigenvalue weighted by atomic mass is 10.1. The van der Waals surface area contributed by atoms with Gasteiger partial charge in [0.1, 0.15) is 17.5 Å². The highest BCUT2D eigenvalue weighted by molar-refractivity contribution is 5.50. The van der Waals surface area contributed by atoms with E-state index in [1.807, 2.05) is 19.1 Å². The van der Waals surface area contributed by atoms with Gasteiger partial charge in [0.25, 0.3) is 0 Å². The zero-order valence-electron chi connectivity index (χ0n) is 13.1. The average Bonchev–Trinajstić information content (AvgIpc) is 2.56. The Bertz CT molecular complexity index is 611. The van der Waals surface area contributed by atoms with Gasteiger partial charge in [-0.15, -0.1) is 0 Å². The third-order valence-corrected chi connectivity index (χ3v) is 3.82. The fourth-order valence-corrected chi connectivity index (χ4v) is 2.63. The van der Waals surface area contributed by atoms with Gasteiger partial charge in [-0.05, 0) is 19.4 Å². The fraction of sp³-hybridized carbons (Fsp3) is 0.412. The van der Waals surface area contributed by atoms with Crippen molar-refractivity contribution in [2.24, 2.45) is 0 Å². The maximum Gasteiger partial charge on any atom is 0.134 e. The second-order valence-corrected chi connectivity index (χ2v) is 5.53. The van der Waals surface area contributed by atoms with E-state index in [4.69, 9.17) is 4.74 Å². The number of morpholine rings is 1. The van der Waals surface area contributed by atoms with Crippen molar-refractivity contribution in [1.82, 2.24) is 9.97 Å². The second kappa shape index (κ2) is 6.75. The van der Waals surface area contributed by atoms with Gasteiger partial charge in [0.15, 0.2) is 0 Å². The van der Waals surface area contributed by atoms with Gasteiger partial charge in [0.2, 0.25) is 0 Å². The predicted octanol–water partition coefficient (Wildman–Crippen LogP) is 2.79. The number of hydrogen-bond acceptors (Lipinski definition) is 5. The van der Waals surface area contributed by atoms with Crippen LogP contribution in [-0.2, 0) is 4.74 Å². The lowest BCUT2D eigenvalue weighted by molar-refractivity contribution is 0.122. The van der Waals surface area contributed by atoms with Crippen LogP contribution in [0.15, 0.2) is 36.4 Å². The normalized spacial score (nSPS) is 16.4. The van der Waals surface area contributed by atoms with Gasteiger partial charge < -0.3 is 15.0 Å². The maximum absolute atomic E-state index is 5.40. The first-order chi connectivity index (χ1) is 10.7. The average molecular weight is 298 g/mol. The summed E-state index contributed by atoms with van der Waals surface area (Å²) >= 11 is 0.